The lowest BCUT2D eigenvalue weighted by atomic mass is 10.1. The fourth-order valence-electron chi connectivity index (χ4n) is 0.710. The van der Waals surface area contributed by atoms with Gasteiger partial charge < -0.3 is 5.32 Å². The van der Waals surface area contributed by atoms with Crippen LogP contribution in [0.15, 0.2) is 0 Å². The van der Waals surface area contributed by atoms with Gasteiger partial charge in [0.1, 0.15) is 0 Å². The summed E-state index contributed by atoms with van der Waals surface area (Å²) in [5, 5.41) is 3.49. The maximum absolute atomic E-state index is 3.49. The molecule has 0 unspecified atom stereocenters. The van der Waals surface area contributed by atoms with Crippen molar-refractivity contribution < 1.29 is 0 Å². The summed E-state index contributed by atoms with van der Waals surface area (Å²) in [6.07, 6.45) is 0. The molecule has 0 fully saturated rings. The van der Waals surface area contributed by atoms with Crippen molar-refractivity contribution in [1.29, 1.82) is 0 Å². The first-order valence-electron chi connectivity index (χ1n) is 4.06. The normalized spacial score (nSPS) is 12.5. The Labute approximate surface area is 84.0 Å². The second-order valence-corrected chi connectivity index (χ2v) is 4.73. The van der Waals surface area contributed by atoms with E-state index >= 15 is 0 Å². The number of hydrogen-bond acceptors (Lipinski definition) is 2. The van der Waals surface area contributed by atoms with Crippen LogP contribution in [0.3, 0.4) is 0 Å². The predicted molar refractivity (Wildman–Crippen MR) is 58.9 cm³/mol. The number of nitrogens with one attached hydrogen (secondary N) is 2. The summed E-state index contributed by atoms with van der Waals surface area (Å²) in [6, 6.07) is 0. The number of rotatable bonds is 5. The Balaban J connectivity index is 3.54. The molecule has 3 heteroatoms. The van der Waals surface area contributed by atoms with Gasteiger partial charge in [-0.15, -0.1) is 0 Å². The third-order valence-electron chi connectivity index (χ3n) is 1.50. The van der Waals surface area contributed by atoms with Crippen LogP contribution in [0, 0.1) is 5.92 Å². The summed E-state index contributed by atoms with van der Waals surface area (Å²) in [4.78, 5) is 0. The van der Waals surface area contributed by atoms with E-state index in [0.29, 0.717) is 0 Å². The lowest BCUT2D eigenvalue weighted by Crippen LogP contribution is -2.47. The van der Waals surface area contributed by atoms with Crippen molar-refractivity contribution in [2.24, 2.45) is 5.92 Å². The average Bonchev–Trinajstić information content (AvgIpc) is 1.84. The SMILES string of the molecule is CC(C)CNC(C)(C)CNI. The van der Waals surface area contributed by atoms with Crippen LogP contribution in [-0.2, 0) is 0 Å². The van der Waals surface area contributed by atoms with Crippen LogP contribution in [0.5, 0.6) is 0 Å². The lowest BCUT2D eigenvalue weighted by Gasteiger charge is -2.26. The van der Waals surface area contributed by atoms with Gasteiger partial charge in [0.25, 0.3) is 0 Å². The van der Waals surface area contributed by atoms with E-state index in [2.05, 4.69) is 59.4 Å². The van der Waals surface area contributed by atoms with E-state index in [-0.39, 0.29) is 5.54 Å². The zero-order valence-corrected chi connectivity index (χ0v) is 10.0. The Morgan fingerprint density at radius 2 is 1.91 bits per heavy atom. The molecule has 0 aliphatic rings. The molecule has 0 saturated carbocycles. The third kappa shape index (κ3) is 7.03. The summed E-state index contributed by atoms with van der Waals surface area (Å²) < 4.78 is 3.14. The minimum atomic E-state index is 0.214. The van der Waals surface area contributed by atoms with Crippen LogP contribution < -0.4 is 8.85 Å². The van der Waals surface area contributed by atoms with E-state index in [9.17, 15) is 0 Å². The number of halogens is 1. The van der Waals surface area contributed by atoms with Crippen molar-refractivity contribution in [3.05, 3.63) is 0 Å². The van der Waals surface area contributed by atoms with E-state index < -0.39 is 0 Å². The summed E-state index contributed by atoms with van der Waals surface area (Å²) in [5.41, 5.74) is 0.214. The van der Waals surface area contributed by atoms with Crippen LogP contribution >= 0.6 is 22.9 Å². The standard InChI is InChI=1S/C8H19IN2/c1-7(2)5-10-8(3,4)6-11-9/h7,10-11H,5-6H2,1-4H3. The Morgan fingerprint density at radius 3 is 2.27 bits per heavy atom. The van der Waals surface area contributed by atoms with Crippen molar-refractivity contribution in [3.8, 4) is 0 Å². The van der Waals surface area contributed by atoms with Crippen LogP contribution in [0.1, 0.15) is 27.7 Å². The van der Waals surface area contributed by atoms with Crippen LogP contribution in [0.4, 0.5) is 0 Å². The van der Waals surface area contributed by atoms with Gasteiger partial charge in [0.05, 0.1) is 0 Å². The molecule has 2 N–H and O–H groups in total. The smallest absolute Gasteiger partial charge is 0.0257 e. The highest BCUT2D eigenvalue weighted by molar-refractivity contribution is 14.1. The molecule has 0 amide bonds. The Bertz CT molecular complexity index is 102. The van der Waals surface area contributed by atoms with E-state index in [4.69, 9.17) is 0 Å². The first-order valence-corrected chi connectivity index (χ1v) is 5.14. The molecule has 0 spiro atoms. The van der Waals surface area contributed by atoms with Crippen molar-refractivity contribution >= 4 is 22.9 Å². The van der Waals surface area contributed by atoms with Crippen molar-refractivity contribution in [1.82, 2.24) is 8.85 Å². The summed E-state index contributed by atoms with van der Waals surface area (Å²) in [6.45, 7) is 11.0. The van der Waals surface area contributed by atoms with Crippen molar-refractivity contribution in [3.63, 3.8) is 0 Å². The molecule has 0 aliphatic carbocycles. The van der Waals surface area contributed by atoms with Gasteiger partial charge in [-0.25, -0.2) is 0 Å². The summed E-state index contributed by atoms with van der Waals surface area (Å²) >= 11 is 2.18. The van der Waals surface area contributed by atoms with E-state index in [1.807, 2.05) is 0 Å². The van der Waals surface area contributed by atoms with Gasteiger partial charge in [-0.2, -0.15) is 0 Å². The van der Waals surface area contributed by atoms with Gasteiger partial charge in [-0.3, -0.25) is 3.53 Å². The molecule has 11 heavy (non-hydrogen) atoms. The van der Waals surface area contributed by atoms with Crippen LogP contribution in [-0.4, -0.2) is 18.6 Å². The second kappa shape index (κ2) is 5.32. The largest absolute Gasteiger partial charge is 0.310 e. The first-order chi connectivity index (χ1) is 4.98. The predicted octanol–water partition coefficient (Wildman–Crippen LogP) is 1.95. The maximum atomic E-state index is 3.49. The quantitative estimate of drug-likeness (QED) is 0.589. The molecule has 0 saturated heterocycles. The van der Waals surface area contributed by atoms with Crippen LogP contribution in [0.25, 0.3) is 0 Å². The topological polar surface area (TPSA) is 24.1 Å². The van der Waals surface area contributed by atoms with Gasteiger partial charge in [-0.1, -0.05) is 13.8 Å². The van der Waals surface area contributed by atoms with Gasteiger partial charge in [0.2, 0.25) is 0 Å². The molecule has 0 bridgehead atoms. The Hall–Kier alpha value is 0.650. The molecular formula is C8H19IN2. The fraction of sp³-hybridized carbons (Fsp3) is 1.00. The van der Waals surface area contributed by atoms with E-state index in [1.54, 1.807) is 0 Å². The number of hydrogen-bond donors (Lipinski definition) is 2. The molecule has 68 valence electrons. The molecular weight excluding hydrogens is 251 g/mol. The van der Waals surface area contributed by atoms with Gasteiger partial charge in [0.15, 0.2) is 0 Å². The van der Waals surface area contributed by atoms with Gasteiger partial charge >= 0.3 is 0 Å². The third-order valence-corrected chi connectivity index (χ3v) is 1.88. The maximum Gasteiger partial charge on any atom is 0.0257 e. The Morgan fingerprint density at radius 1 is 1.36 bits per heavy atom. The molecule has 0 radical (unpaired) electrons. The molecule has 0 aromatic heterocycles. The molecule has 0 aromatic carbocycles. The fourth-order valence-corrected chi connectivity index (χ4v) is 1.66. The minimum Gasteiger partial charge on any atom is -0.310 e. The average molecular weight is 270 g/mol. The Kier molecular flexibility index (Phi) is 5.64. The molecule has 0 heterocycles. The van der Waals surface area contributed by atoms with Gasteiger partial charge in [0, 0.05) is 34.9 Å². The zero-order chi connectivity index (χ0) is 8.91. The van der Waals surface area contributed by atoms with Crippen LogP contribution in [0.2, 0.25) is 0 Å². The molecule has 0 atom stereocenters. The highest BCUT2D eigenvalue weighted by atomic mass is 127. The lowest BCUT2D eigenvalue weighted by molar-refractivity contribution is 0.367. The first kappa shape index (κ1) is 11.6. The second-order valence-electron chi connectivity index (χ2n) is 3.97. The highest BCUT2D eigenvalue weighted by Gasteiger charge is 2.15. The molecule has 0 rings (SSSR count). The van der Waals surface area contributed by atoms with E-state index in [0.717, 1.165) is 19.0 Å². The van der Waals surface area contributed by atoms with Crippen molar-refractivity contribution in [2.75, 3.05) is 13.1 Å². The van der Waals surface area contributed by atoms with Crippen molar-refractivity contribution in [2.45, 2.75) is 33.2 Å². The minimum absolute atomic E-state index is 0.214. The monoisotopic (exact) mass is 270 g/mol. The molecule has 0 aliphatic heterocycles. The molecule has 0 aromatic rings. The summed E-state index contributed by atoms with van der Waals surface area (Å²) in [7, 11) is 0. The van der Waals surface area contributed by atoms with Gasteiger partial charge in [-0.05, 0) is 26.3 Å². The van der Waals surface area contributed by atoms with E-state index in [1.165, 1.54) is 0 Å². The zero-order valence-electron chi connectivity index (χ0n) is 7.87. The summed E-state index contributed by atoms with van der Waals surface area (Å²) in [5.74, 6) is 0.725. The highest BCUT2D eigenvalue weighted by Crippen LogP contribution is 2.02. The molecule has 2 nitrogen and oxygen atoms in total.